The van der Waals surface area contributed by atoms with E-state index in [0.717, 1.165) is 16.9 Å². The second kappa shape index (κ2) is 7.92. The molecule has 6 heteroatoms. The van der Waals surface area contributed by atoms with Crippen molar-refractivity contribution in [2.45, 2.75) is 13.2 Å². The van der Waals surface area contributed by atoms with E-state index in [4.69, 9.17) is 4.74 Å². The topological polar surface area (TPSA) is 84.1 Å². The number of H-pyrrole nitrogens is 1. The third kappa shape index (κ3) is 4.54. The quantitative estimate of drug-likeness (QED) is 0.724. The van der Waals surface area contributed by atoms with Crippen LogP contribution < -0.4 is 15.6 Å². The summed E-state index contributed by atoms with van der Waals surface area (Å²) < 4.78 is 5.77. The number of carbonyl (C=O) groups is 1. The van der Waals surface area contributed by atoms with Crippen molar-refractivity contribution >= 4 is 5.91 Å². The van der Waals surface area contributed by atoms with Crippen LogP contribution in [0, 0.1) is 0 Å². The first kappa shape index (κ1) is 16.4. The van der Waals surface area contributed by atoms with Crippen LogP contribution in [-0.2, 0) is 13.2 Å². The number of para-hydroxylation sites is 1. The molecule has 2 aromatic carbocycles. The van der Waals surface area contributed by atoms with Gasteiger partial charge in [-0.1, -0.05) is 42.5 Å². The van der Waals surface area contributed by atoms with Crippen molar-refractivity contribution in [3.05, 3.63) is 93.9 Å². The minimum atomic E-state index is -0.352. The molecule has 0 spiro atoms. The average Bonchev–Trinajstić information content (AvgIpc) is 2.66. The van der Waals surface area contributed by atoms with E-state index >= 15 is 0 Å². The summed E-state index contributed by atoms with van der Waals surface area (Å²) in [6, 6.07) is 19.9. The highest BCUT2D eigenvalue weighted by Gasteiger charge is 2.09. The highest BCUT2D eigenvalue weighted by Crippen LogP contribution is 2.14. The minimum Gasteiger partial charge on any atom is -0.489 e. The highest BCUT2D eigenvalue weighted by molar-refractivity contribution is 5.91. The molecule has 0 aliphatic heterocycles. The van der Waals surface area contributed by atoms with Gasteiger partial charge >= 0.3 is 0 Å². The lowest BCUT2D eigenvalue weighted by atomic mass is 10.1. The Labute approximate surface area is 144 Å². The summed E-state index contributed by atoms with van der Waals surface area (Å²) in [4.78, 5) is 23.1. The Morgan fingerprint density at radius 2 is 1.68 bits per heavy atom. The molecule has 126 valence electrons. The number of benzene rings is 2. The molecule has 0 radical (unpaired) electrons. The monoisotopic (exact) mass is 335 g/mol. The van der Waals surface area contributed by atoms with Crippen LogP contribution in [0.2, 0.25) is 0 Å². The first-order valence-electron chi connectivity index (χ1n) is 7.81. The van der Waals surface area contributed by atoms with E-state index < -0.39 is 0 Å². The smallest absolute Gasteiger partial charge is 0.271 e. The number of hydrogen-bond acceptors (Lipinski definition) is 4. The number of nitrogens with zero attached hydrogens (tertiary/aromatic N) is 1. The Balaban J connectivity index is 1.63. The maximum absolute atomic E-state index is 12.1. The van der Waals surface area contributed by atoms with Crippen molar-refractivity contribution in [2.75, 3.05) is 0 Å². The summed E-state index contributed by atoms with van der Waals surface area (Å²) in [5.41, 5.74) is 1.76. The van der Waals surface area contributed by atoms with E-state index in [9.17, 15) is 9.59 Å². The molecule has 0 aliphatic rings. The number of aromatic nitrogens is 2. The molecular weight excluding hydrogens is 318 g/mol. The van der Waals surface area contributed by atoms with Gasteiger partial charge in [-0.25, -0.2) is 5.10 Å². The largest absolute Gasteiger partial charge is 0.489 e. The number of rotatable bonds is 6. The number of aromatic amines is 1. The van der Waals surface area contributed by atoms with Gasteiger partial charge in [-0.2, -0.15) is 5.10 Å². The SMILES string of the molecule is O=C(NCc1ccccc1COc1ccccc1)c1ccc(=O)[nH]n1. The van der Waals surface area contributed by atoms with Gasteiger partial charge in [0.2, 0.25) is 0 Å². The summed E-state index contributed by atoms with van der Waals surface area (Å²) in [5, 5.41) is 8.75. The van der Waals surface area contributed by atoms with Crippen LogP contribution in [0.25, 0.3) is 0 Å². The van der Waals surface area contributed by atoms with Gasteiger partial charge in [-0.3, -0.25) is 9.59 Å². The van der Waals surface area contributed by atoms with Gasteiger partial charge in [0, 0.05) is 12.6 Å². The molecule has 0 saturated carbocycles. The fourth-order valence-corrected chi connectivity index (χ4v) is 2.29. The zero-order valence-electron chi connectivity index (χ0n) is 13.4. The molecule has 0 atom stereocenters. The molecule has 1 heterocycles. The van der Waals surface area contributed by atoms with Crippen LogP contribution in [0.1, 0.15) is 21.6 Å². The van der Waals surface area contributed by atoms with E-state index in [2.05, 4.69) is 15.5 Å². The predicted molar refractivity (Wildman–Crippen MR) is 93.2 cm³/mol. The Kier molecular flexibility index (Phi) is 5.21. The molecule has 25 heavy (non-hydrogen) atoms. The molecule has 2 N–H and O–H groups in total. The highest BCUT2D eigenvalue weighted by atomic mass is 16.5. The van der Waals surface area contributed by atoms with Gasteiger partial charge in [0.15, 0.2) is 0 Å². The Hall–Kier alpha value is -3.41. The lowest BCUT2D eigenvalue weighted by molar-refractivity contribution is 0.0944. The van der Waals surface area contributed by atoms with Crippen LogP contribution >= 0.6 is 0 Å². The van der Waals surface area contributed by atoms with Crippen LogP contribution in [-0.4, -0.2) is 16.1 Å². The third-order valence-electron chi connectivity index (χ3n) is 3.61. The number of amides is 1. The number of nitrogens with one attached hydrogen (secondary N) is 2. The molecule has 1 aromatic heterocycles. The number of hydrogen-bond donors (Lipinski definition) is 2. The van der Waals surface area contributed by atoms with Crippen LogP contribution in [0.4, 0.5) is 0 Å². The first-order valence-corrected chi connectivity index (χ1v) is 7.81. The van der Waals surface area contributed by atoms with Crippen molar-refractivity contribution in [3.63, 3.8) is 0 Å². The molecule has 0 fully saturated rings. The standard InChI is InChI=1S/C19H17N3O3/c23-18-11-10-17(21-22-18)19(24)20-12-14-6-4-5-7-15(14)13-25-16-8-2-1-3-9-16/h1-11H,12-13H2,(H,20,24)(H,22,23). The predicted octanol–water partition coefficient (Wildman–Crippen LogP) is 2.28. The van der Waals surface area contributed by atoms with Crippen LogP contribution in [0.5, 0.6) is 5.75 Å². The lowest BCUT2D eigenvalue weighted by Crippen LogP contribution is -2.25. The average molecular weight is 335 g/mol. The molecule has 0 bridgehead atoms. The fraction of sp³-hybridized carbons (Fsp3) is 0.105. The molecule has 3 rings (SSSR count). The Bertz CT molecular complexity index is 887. The summed E-state index contributed by atoms with van der Waals surface area (Å²) in [7, 11) is 0. The second-order valence-corrected chi connectivity index (χ2v) is 5.36. The van der Waals surface area contributed by atoms with Crippen molar-refractivity contribution in [3.8, 4) is 5.75 Å². The molecule has 6 nitrogen and oxygen atoms in total. The second-order valence-electron chi connectivity index (χ2n) is 5.36. The van der Waals surface area contributed by atoms with Gasteiger partial charge in [-0.15, -0.1) is 0 Å². The van der Waals surface area contributed by atoms with Crippen LogP contribution in [0.3, 0.4) is 0 Å². The normalized spacial score (nSPS) is 10.2. The zero-order chi connectivity index (χ0) is 17.5. The maximum Gasteiger partial charge on any atom is 0.271 e. The van der Waals surface area contributed by atoms with E-state index in [1.165, 1.54) is 12.1 Å². The molecule has 1 amide bonds. The molecule has 3 aromatic rings. The summed E-state index contributed by atoms with van der Waals surface area (Å²) >= 11 is 0. The van der Waals surface area contributed by atoms with Crippen molar-refractivity contribution < 1.29 is 9.53 Å². The first-order chi connectivity index (χ1) is 12.2. The molecule has 0 unspecified atom stereocenters. The van der Waals surface area contributed by atoms with E-state index in [-0.39, 0.29) is 17.2 Å². The summed E-state index contributed by atoms with van der Waals surface area (Å²) in [5.74, 6) is 0.439. The summed E-state index contributed by atoms with van der Waals surface area (Å²) in [6.45, 7) is 0.751. The van der Waals surface area contributed by atoms with Gasteiger partial charge in [-0.05, 0) is 29.3 Å². The van der Waals surface area contributed by atoms with Crippen molar-refractivity contribution in [1.82, 2.24) is 15.5 Å². The van der Waals surface area contributed by atoms with Gasteiger partial charge in [0.25, 0.3) is 11.5 Å². The summed E-state index contributed by atoms with van der Waals surface area (Å²) in [6.07, 6.45) is 0. The van der Waals surface area contributed by atoms with E-state index in [1.54, 1.807) is 0 Å². The lowest BCUT2D eigenvalue weighted by Gasteiger charge is -2.12. The van der Waals surface area contributed by atoms with Crippen molar-refractivity contribution in [2.24, 2.45) is 0 Å². The fourth-order valence-electron chi connectivity index (χ4n) is 2.29. The van der Waals surface area contributed by atoms with E-state index in [0.29, 0.717) is 13.2 Å². The maximum atomic E-state index is 12.1. The zero-order valence-corrected chi connectivity index (χ0v) is 13.4. The Morgan fingerprint density at radius 1 is 0.960 bits per heavy atom. The van der Waals surface area contributed by atoms with Gasteiger partial charge in [0.05, 0.1) is 0 Å². The third-order valence-corrected chi connectivity index (χ3v) is 3.61. The van der Waals surface area contributed by atoms with Crippen molar-refractivity contribution in [1.29, 1.82) is 0 Å². The van der Waals surface area contributed by atoms with Gasteiger partial charge < -0.3 is 10.1 Å². The molecular formula is C19H17N3O3. The van der Waals surface area contributed by atoms with Crippen LogP contribution in [0.15, 0.2) is 71.5 Å². The van der Waals surface area contributed by atoms with E-state index in [1.807, 2.05) is 54.6 Å². The Morgan fingerprint density at radius 3 is 2.40 bits per heavy atom. The molecule has 0 saturated heterocycles. The number of ether oxygens (including phenoxy) is 1. The number of carbonyl (C=O) groups excluding carboxylic acids is 1. The molecule has 0 aliphatic carbocycles. The minimum absolute atomic E-state index is 0.164. The van der Waals surface area contributed by atoms with Gasteiger partial charge in [0.1, 0.15) is 18.1 Å².